The van der Waals surface area contributed by atoms with Crippen molar-refractivity contribution in [3.63, 3.8) is 0 Å². The molecular weight excluding hydrogens is 212 g/mol. The van der Waals surface area contributed by atoms with E-state index in [1.807, 2.05) is 0 Å². The van der Waals surface area contributed by atoms with Crippen LogP contribution in [0.4, 0.5) is 0 Å². The van der Waals surface area contributed by atoms with Gasteiger partial charge in [-0.15, -0.1) is 0 Å². The van der Waals surface area contributed by atoms with Crippen molar-refractivity contribution in [1.82, 2.24) is 0 Å². The van der Waals surface area contributed by atoms with E-state index in [2.05, 4.69) is 0 Å². The first-order valence-corrected chi connectivity index (χ1v) is 7.47. The molecule has 2 heteroatoms. The van der Waals surface area contributed by atoms with Crippen molar-refractivity contribution in [3.8, 4) is 0 Å². The summed E-state index contributed by atoms with van der Waals surface area (Å²) in [6, 6.07) is 0. The molecule has 4 unspecified atom stereocenters. The number of fused-ring (bicyclic) bond motifs is 2. The summed E-state index contributed by atoms with van der Waals surface area (Å²) < 4.78 is 5.70. The first kappa shape index (κ1) is 12.0. The van der Waals surface area contributed by atoms with Gasteiger partial charge in [0.15, 0.2) is 0 Å². The Morgan fingerprint density at radius 3 is 2.53 bits per heavy atom. The van der Waals surface area contributed by atoms with Crippen LogP contribution in [0.25, 0.3) is 0 Å². The van der Waals surface area contributed by atoms with Gasteiger partial charge in [-0.25, -0.2) is 0 Å². The molecule has 0 radical (unpaired) electrons. The van der Waals surface area contributed by atoms with E-state index >= 15 is 0 Å². The molecule has 0 spiro atoms. The number of ether oxygens (including phenoxy) is 1. The Bertz CT molecular complexity index is 270. The van der Waals surface area contributed by atoms with Crippen LogP contribution in [0.1, 0.15) is 57.8 Å². The highest BCUT2D eigenvalue weighted by molar-refractivity contribution is 4.97. The maximum atomic E-state index is 10.6. The van der Waals surface area contributed by atoms with Gasteiger partial charge in [0, 0.05) is 7.11 Å². The third-order valence-electron chi connectivity index (χ3n) is 5.87. The molecule has 1 N–H and O–H groups in total. The van der Waals surface area contributed by atoms with Crippen LogP contribution >= 0.6 is 0 Å². The molecule has 2 nitrogen and oxygen atoms in total. The molecule has 0 amide bonds. The number of aliphatic hydroxyl groups is 1. The first-order chi connectivity index (χ1) is 8.23. The Kier molecular flexibility index (Phi) is 3.20. The van der Waals surface area contributed by atoms with E-state index < -0.39 is 0 Å². The smallest absolute Gasteiger partial charge is 0.0936 e. The van der Waals surface area contributed by atoms with Gasteiger partial charge in [-0.2, -0.15) is 0 Å². The van der Waals surface area contributed by atoms with E-state index in [0.29, 0.717) is 0 Å². The molecule has 4 atom stereocenters. The van der Waals surface area contributed by atoms with Gasteiger partial charge in [0.2, 0.25) is 0 Å². The van der Waals surface area contributed by atoms with Crippen molar-refractivity contribution in [1.29, 1.82) is 0 Å². The third-order valence-corrected chi connectivity index (χ3v) is 5.87. The molecule has 3 rings (SSSR count). The molecule has 0 aromatic heterocycles. The second-order valence-electron chi connectivity index (χ2n) is 6.66. The average Bonchev–Trinajstić information content (AvgIpc) is 3.05. The molecular formula is C15H26O2. The summed E-state index contributed by atoms with van der Waals surface area (Å²) in [6.07, 6.45) is 11.0. The number of rotatable bonds is 4. The van der Waals surface area contributed by atoms with E-state index in [4.69, 9.17) is 4.74 Å². The Labute approximate surface area is 105 Å². The number of methoxy groups -OCH3 is 1. The predicted molar refractivity (Wildman–Crippen MR) is 67.8 cm³/mol. The lowest BCUT2D eigenvalue weighted by Crippen LogP contribution is -2.43. The molecule has 3 saturated carbocycles. The second kappa shape index (κ2) is 4.55. The highest BCUT2D eigenvalue weighted by Gasteiger charge is 2.45. The minimum absolute atomic E-state index is 0.193. The normalized spacial score (nSPS) is 40.9. The molecule has 0 aliphatic heterocycles. The lowest BCUT2D eigenvalue weighted by molar-refractivity contribution is -0.107. The van der Waals surface area contributed by atoms with Gasteiger partial charge in [-0.1, -0.05) is 19.3 Å². The van der Waals surface area contributed by atoms with Crippen molar-refractivity contribution in [3.05, 3.63) is 0 Å². The van der Waals surface area contributed by atoms with Crippen LogP contribution in [0.15, 0.2) is 0 Å². The van der Waals surface area contributed by atoms with Gasteiger partial charge >= 0.3 is 0 Å². The molecule has 3 fully saturated rings. The fourth-order valence-corrected chi connectivity index (χ4v) is 4.81. The second-order valence-corrected chi connectivity index (χ2v) is 6.66. The largest absolute Gasteiger partial charge is 0.390 e. The zero-order valence-corrected chi connectivity index (χ0v) is 11.0. The van der Waals surface area contributed by atoms with E-state index in [0.717, 1.165) is 37.0 Å². The SMILES string of the molecule is COC1(C(O)CC2CC3CCC2C3)CCCC1. The van der Waals surface area contributed by atoms with Crippen LogP contribution in [-0.4, -0.2) is 23.9 Å². The van der Waals surface area contributed by atoms with Crippen molar-refractivity contribution in [2.75, 3.05) is 7.11 Å². The summed E-state index contributed by atoms with van der Waals surface area (Å²) >= 11 is 0. The molecule has 17 heavy (non-hydrogen) atoms. The van der Waals surface area contributed by atoms with Crippen LogP contribution in [-0.2, 0) is 4.74 Å². The first-order valence-electron chi connectivity index (χ1n) is 7.47. The predicted octanol–water partition coefficient (Wildman–Crippen LogP) is 3.13. The number of hydrogen-bond donors (Lipinski definition) is 1. The maximum Gasteiger partial charge on any atom is 0.0936 e. The highest BCUT2D eigenvalue weighted by Crippen LogP contribution is 2.51. The molecule has 3 aliphatic carbocycles. The average molecular weight is 238 g/mol. The molecule has 0 saturated heterocycles. The van der Waals surface area contributed by atoms with Gasteiger partial charge in [-0.3, -0.25) is 0 Å². The van der Waals surface area contributed by atoms with E-state index in [1.165, 1.54) is 38.5 Å². The molecule has 0 aromatic rings. The van der Waals surface area contributed by atoms with Crippen LogP contribution in [0.3, 0.4) is 0 Å². The lowest BCUT2D eigenvalue weighted by atomic mass is 9.80. The molecule has 0 heterocycles. The lowest BCUT2D eigenvalue weighted by Gasteiger charge is -2.35. The summed E-state index contributed by atoms with van der Waals surface area (Å²) in [7, 11) is 1.79. The van der Waals surface area contributed by atoms with Gasteiger partial charge in [-0.05, 0) is 56.3 Å². The molecule has 3 aliphatic rings. The standard InChI is InChI=1S/C15H26O2/c1-17-15(6-2-3-7-15)14(16)10-13-9-11-4-5-12(13)8-11/h11-14,16H,2-10H2,1H3. The van der Waals surface area contributed by atoms with Crippen molar-refractivity contribution in [2.45, 2.75) is 69.5 Å². The van der Waals surface area contributed by atoms with Gasteiger partial charge in [0.25, 0.3) is 0 Å². The summed E-state index contributed by atoms with van der Waals surface area (Å²) in [5.41, 5.74) is -0.193. The Balaban J connectivity index is 1.61. The minimum atomic E-state index is -0.223. The Morgan fingerprint density at radius 1 is 1.24 bits per heavy atom. The number of hydrogen-bond acceptors (Lipinski definition) is 2. The van der Waals surface area contributed by atoms with Crippen LogP contribution in [0, 0.1) is 17.8 Å². The van der Waals surface area contributed by atoms with E-state index in [9.17, 15) is 5.11 Å². The van der Waals surface area contributed by atoms with Gasteiger partial charge < -0.3 is 9.84 Å². The van der Waals surface area contributed by atoms with Crippen LogP contribution < -0.4 is 0 Å². The van der Waals surface area contributed by atoms with Gasteiger partial charge in [0.05, 0.1) is 11.7 Å². The fraction of sp³-hybridized carbons (Fsp3) is 1.00. The summed E-state index contributed by atoms with van der Waals surface area (Å²) in [6.45, 7) is 0. The Morgan fingerprint density at radius 2 is 2.00 bits per heavy atom. The molecule has 2 bridgehead atoms. The van der Waals surface area contributed by atoms with Crippen molar-refractivity contribution >= 4 is 0 Å². The van der Waals surface area contributed by atoms with E-state index in [-0.39, 0.29) is 11.7 Å². The summed E-state index contributed by atoms with van der Waals surface area (Å²) in [5.74, 6) is 2.70. The molecule has 0 aromatic carbocycles. The van der Waals surface area contributed by atoms with E-state index in [1.54, 1.807) is 7.11 Å². The zero-order valence-electron chi connectivity index (χ0n) is 11.0. The summed E-state index contributed by atoms with van der Waals surface area (Å²) in [4.78, 5) is 0. The number of aliphatic hydroxyl groups excluding tert-OH is 1. The van der Waals surface area contributed by atoms with Gasteiger partial charge in [0.1, 0.15) is 0 Å². The monoisotopic (exact) mass is 238 g/mol. The Hall–Kier alpha value is -0.0800. The topological polar surface area (TPSA) is 29.5 Å². The highest BCUT2D eigenvalue weighted by atomic mass is 16.5. The fourth-order valence-electron chi connectivity index (χ4n) is 4.81. The third kappa shape index (κ3) is 2.04. The van der Waals surface area contributed by atoms with Crippen LogP contribution in [0.2, 0.25) is 0 Å². The van der Waals surface area contributed by atoms with Crippen molar-refractivity contribution < 1.29 is 9.84 Å². The van der Waals surface area contributed by atoms with Crippen molar-refractivity contribution in [2.24, 2.45) is 17.8 Å². The quantitative estimate of drug-likeness (QED) is 0.815. The summed E-state index contributed by atoms with van der Waals surface area (Å²) in [5, 5.41) is 10.6. The minimum Gasteiger partial charge on any atom is -0.390 e. The maximum absolute atomic E-state index is 10.6. The molecule has 98 valence electrons. The zero-order chi connectivity index (χ0) is 11.9. The van der Waals surface area contributed by atoms with Crippen LogP contribution in [0.5, 0.6) is 0 Å².